The smallest absolute Gasteiger partial charge is 0.416 e. The Bertz CT molecular complexity index is 1740. The van der Waals surface area contributed by atoms with E-state index in [1.54, 1.807) is 18.2 Å². The van der Waals surface area contributed by atoms with Gasteiger partial charge in [-0.15, -0.1) is 0 Å². The first-order valence-corrected chi connectivity index (χ1v) is 14.2. The van der Waals surface area contributed by atoms with Gasteiger partial charge in [-0.2, -0.15) is 13.2 Å². The number of ether oxygens (including phenoxy) is 3. The summed E-state index contributed by atoms with van der Waals surface area (Å²) in [6.45, 7) is 1.72. The number of carbonyl (C=O) groups is 2. The van der Waals surface area contributed by atoms with Crippen molar-refractivity contribution in [2.75, 3.05) is 32.1 Å². The zero-order valence-corrected chi connectivity index (χ0v) is 24.5. The number of aromatic nitrogens is 1. The molecule has 0 atom stereocenters. The van der Waals surface area contributed by atoms with Crippen molar-refractivity contribution in [1.82, 2.24) is 15.6 Å². The average molecular weight is 645 g/mol. The molecule has 2 amide bonds. The number of pyridine rings is 1. The van der Waals surface area contributed by atoms with Gasteiger partial charge in [0.05, 0.1) is 19.3 Å². The topological polar surface area (TPSA) is 111 Å². The van der Waals surface area contributed by atoms with E-state index in [9.17, 15) is 27.2 Å². The standard InChI is InChI=1S/C32H29F5N4O5/c1-44-29-27(45-17-18-8-11-38-12-9-18)7-5-22-25(10-13-39-28(22)29)46-26-6-4-21(15-24(26)34)41-31(43)30(42)40-16-19-2-3-20(33)14-23(19)32(35,36)37/h2-7,10,13-15,18,38H,8-9,11-12,16-17H2,1H3,(H,40,42)(H,41,43). The van der Waals surface area contributed by atoms with Crippen LogP contribution in [0.1, 0.15) is 24.0 Å². The maximum atomic E-state index is 15.1. The molecule has 0 aliphatic carbocycles. The second-order valence-corrected chi connectivity index (χ2v) is 10.5. The van der Waals surface area contributed by atoms with Gasteiger partial charge in [-0.05, 0) is 79.9 Å². The molecular weight excluding hydrogens is 615 g/mol. The first kappa shape index (κ1) is 32.4. The van der Waals surface area contributed by atoms with Gasteiger partial charge in [-0.25, -0.2) is 8.78 Å². The Morgan fingerprint density at radius 3 is 2.43 bits per heavy atom. The van der Waals surface area contributed by atoms with E-state index in [0.29, 0.717) is 41.0 Å². The number of benzene rings is 3. The summed E-state index contributed by atoms with van der Waals surface area (Å²) in [5.74, 6) is -3.11. The van der Waals surface area contributed by atoms with E-state index in [2.05, 4.69) is 15.6 Å². The van der Waals surface area contributed by atoms with Crippen LogP contribution in [0, 0.1) is 17.6 Å². The van der Waals surface area contributed by atoms with Gasteiger partial charge >= 0.3 is 18.0 Å². The molecule has 14 heteroatoms. The second kappa shape index (κ2) is 14.0. The molecule has 0 bridgehead atoms. The molecule has 46 heavy (non-hydrogen) atoms. The van der Waals surface area contributed by atoms with Crippen molar-refractivity contribution in [1.29, 1.82) is 0 Å². The number of rotatable bonds is 9. The number of amides is 2. The molecule has 0 spiro atoms. The monoisotopic (exact) mass is 644 g/mol. The molecule has 0 unspecified atom stereocenters. The Morgan fingerprint density at radius 2 is 1.72 bits per heavy atom. The number of carbonyl (C=O) groups excluding carboxylic acids is 2. The summed E-state index contributed by atoms with van der Waals surface area (Å²) in [5.41, 5.74) is -1.39. The molecule has 1 saturated heterocycles. The summed E-state index contributed by atoms with van der Waals surface area (Å²) in [7, 11) is 1.50. The highest BCUT2D eigenvalue weighted by Gasteiger charge is 2.34. The number of methoxy groups -OCH3 is 1. The lowest BCUT2D eigenvalue weighted by Crippen LogP contribution is -2.35. The van der Waals surface area contributed by atoms with E-state index in [1.807, 2.05) is 5.32 Å². The number of halogens is 5. The van der Waals surface area contributed by atoms with Crippen LogP contribution in [0.15, 0.2) is 60.8 Å². The number of alkyl halides is 3. The Balaban J connectivity index is 1.24. The SMILES string of the molecule is COc1c(OCC2CCNCC2)ccc2c(Oc3ccc(NC(=O)C(=O)NCc4ccc(F)cc4C(F)(F)F)cc3F)ccnc12. The first-order valence-electron chi connectivity index (χ1n) is 14.2. The minimum absolute atomic E-state index is 0.112. The average Bonchev–Trinajstić information content (AvgIpc) is 3.04. The Morgan fingerprint density at radius 1 is 0.957 bits per heavy atom. The lowest BCUT2D eigenvalue weighted by Gasteiger charge is -2.23. The highest BCUT2D eigenvalue weighted by Crippen LogP contribution is 2.40. The van der Waals surface area contributed by atoms with Crippen molar-refractivity contribution in [2.24, 2.45) is 5.92 Å². The van der Waals surface area contributed by atoms with E-state index in [1.165, 1.54) is 25.4 Å². The van der Waals surface area contributed by atoms with Crippen LogP contribution in [0.25, 0.3) is 10.9 Å². The van der Waals surface area contributed by atoms with E-state index in [-0.39, 0.29) is 17.2 Å². The lowest BCUT2D eigenvalue weighted by molar-refractivity contribution is -0.139. The van der Waals surface area contributed by atoms with Crippen LogP contribution in [0.4, 0.5) is 27.6 Å². The fourth-order valence-corrected chi connectivity index (χ4v) is 5.00. The van der Waals surface area contributed by atoms with Crippen molar-refractivity contribution in [3.63, 3.8) is 0 Å². The number of nitrogens with one attached hydrogen (secondary N) is 3. The molecule has 2 heterocycles. The van der Waals surface area contributed by atoms with Crippen molar-refractivity contribution in [3.05, 3.63) is 83.6 Å². The van der Waals surface area contributed by atoms with Gasteiger partial charge < -0.3 is 30.2 Å². The van der Waals surface area contributed by atoms with Gasteiger partial charge in [-0.1, -0.05) is 6.07 Å². The third-order valence-electron chi connectivity index (χ3n) is 7.36. The van der Waals surface area contributed by atoms with E-state index >= 15 is 4.39 Å². The molecule has 0 radical (unpaired) electrons. The molecule has 242 valence electrons. The lowest BCUT2D eigenvalue weighted by atomic mass is 9.99. The summed E-state index contributed by atoms with van der Waals surface area (Å²) in [4.78, 5) is 29.0. The summed E-state index contributed by atoms with van der Waals surface area (Å²) in [5, 5.41) is 8.07. The summed E-state index contributed by atoms with van der Waals surface area (Å²) in [6.07, 6.45) is -1.37. The highest BCUT2D eigenvalue weighted by molar-refractivity contribution is 6.39. The van der Waals surface area contributed by atoms with Gasteiger partial charge in [0.15, 0.2) is 23.1 Å². The van der Waals surface area contributed by atoms with Crippen molar-refractivity contribution < 1.29 is 45.8 Å². The van der Waals surface area contributed by atoms with E-state index < -0.39 is 47.3 Å². The van der Waals surface area contributed by atoms with E-state index in [0.717, 1.165) is 44.1 Å². The van der Waals surface area contributed by atoms with Gasteiger partial charge in [0, 0.05) is 29.9 Å². The quantitative estimate of drug-likeness (QED) is 0.152. The predicted molar refractivity (Wildman–Crippen MR) is 158 cm³/mol. The molecule has 0 saturated carbocycles. The molecule has 1 aliphatic heterocycles. The number of anilines is 1. The van der Waals surface area contributed by atoms with Crippen molar-refractivity contribution >= 4 is 28.4 Å². The first-order chi connectivity index (χ1) is 22.0. The minimum atomic E-state index is -4.87. The van der Waals surface area contributed by atoms with Crippen LogP contribution < -0.4 is 30.2 Å². The molecule has 1 aromatic heterocycles. The zero-order valence-electron chi connectivity index (χ0n) is 24.5. The molecule has 3 aromatic carbocycles. The normalized spacial score (nSPS) is 13.7. The summed E-state index contributed by atoms with van der Waals surface area (Å²) >= 11 is 0. The van der Waals surface area contributed by atoms with Crippen LogP contribution in [0.5, 0.6) is 23.0 Å². The number of nitrogens with zero attached hydrogens (tertiary/aromatic N) is 1. The molecule has 9 nitrogen and oxygen atoms in total. The number of hydrogen-bond donors (Lipinski definition) is 3. The van der Waals surface area contributed by atoms with Gasteiger partial charge in [0.25, 0.3) is 0 Å². The maximum Gasteiger partial charge on any atom is 0.416 e. The maximum absolute atomic E-state index is 15.1. The van der Waals surface area contributed by atoms with Crippen LogP contribution >= 0.6 is 0 Å². The molecular formula is C32H29F5N4O5. The second-order valence-electron chi connectivity index (χ2n) is 10.5. The Labute approximate surface area is 260 Å². The fourth-order valence-electron chi connectivity index (χ4n) is 5.00. The van der Waals surface area contributed by atoms with Crippen LogP contribution in [-0.4, -0.2) is 43.6 Å². The largest absolute Gasteiger partial charge is 0.491 e. The van der Waals surface area contributed by atoms with Crippen molar-refractivity contribution in [2.45, 2.75) is 25.6 Å². The van der Waals surface area contributed by atoms with Gasteiger partial charge in [-0.3, -0.25) is 14.6 Å². The number of hydrogen-bond acceptors (Lipinski definition) is 7. The number of fused-ring (bicyclic) bond motifs is 1. The summed E-state index contributed by atoms with van der Waals surface area (Å²) in [6, 6.07) is 10.4. The molecule has 3 N–H and O–H groups in total. The van der Waals surface area contributed by atoms with Crippen LogP contribution in [0.3, 0.4) is 0 Å². The number of piperidine rings is 1. The highest BCUT2D eigenvalue weighted by atomic mass is 19.4. The predicted octanol–water partition coefficient (Wildman–Crippen LogP) is 5.97. The molecule has 1 fully saturated rings. The van der Waals surface area contributed by atoms with Gasteiger partial charge in [0.2, 0.25) is 0 Å². The van der Waals surface area contributed by atoms with E-state index in [4.69, 9.17) is 14.2 Å². The Hall–Kier alpha value is -4.98. The summed E-state index contributed by atoms with van der Waals surface area (Å²) < 4.78 is 85.5. The zero-order chi connectivity index (χ0) is 32.8. The molecule has 5 rings (SSSR count). The Kier molecular flexibility index (Phi) is 9.85. The minimum Gasteiger partial charge on any atom is -0.491 e. The van der Waals surface area contributed by atoms with Crippen molar-refractivity contribution in [3.8, 4) is 23.0 Å². The molecule has 1 aliphatic rings. The third-order valence-corrected chi connectivity index (χ3v) is 7.36. The fraction of sp³-hybridized carbons (Fsp3) is 0.281. The van der Waals surface area contributed by atoms with Crippen LogP contribution in [-0.2, 0) is 22.3 Å². The molecule has 4 aromatic rings. The van der Waals surface area contributed by atoms with Gasteiger partial charge in [0.1, 0.15) is 17.1 Å². The van der Waals surface area contributed by atoms with Crippen LogP contribution in [0.2, 0.25) is 0 Å². The third kappa shape index (κ3) is 7.62.